The predicted octanol–water partition coefficient (Wildman–Crippen LogP) is 3.94. The van der Waals surface area contributed by atoms with Gasteiger partial charge >= 0.3 is 11.9 Å². The monoisotopic (exact) mass is 389 g/mol. The van der Waals surface area contributed by atoms with Crippen LogP contribution in [0.5, 0.6) is 0 Å². The normalized spacial score (nSPS) is 11.1. The summed E-state index contributed by atoms with van der Waals surface area (Å²) in [6, 6.07) is 17.0. The molecule has 0 aliphatic heterocycles. The number of esters is 2. The Balaban J connectivity index is 1.75. The van der Waals surface area contributed by atoms with Crippen molar-refractivity contribution >= 4 is 33.7 Å². The lowest BCUT2D eigenvalue weighted by Crippen LogP contribution is -2.05. The Morgan fingerprint density at radius 2 is 1.83 bits per heavy atom. The van der Waals surface area contributed by atoms with E-state index in [4.69, 9.17) is 9.47 Å². The van der Waals surface area contributed by atoms with Crippen molar-refractivity contribution in [3.63, 3.8) is 0 Å². The van der Waals surface area contributed by atoms with Crippen LogP contribution in [-0.2, 0) is 31.9 Å². The van der Waals surface area contributed by atoms with Gasteiger partial charge in [-0.2, -0.15) is 0 Å². The summed E-state index contributed by atoms with van der Waals surface area (Å²) in [6.07, 6.45) is 1.08. The van der Waals surface area contributed by atoms with E-state index >= 15 is 0 Å². The molecule has 6 heteroatoms. The van der Waals surface area contributed by atoms with Crippen LogP contribution in [-0.4, -0.2) is 36.1 Å². The van der Waals surface area contributed by atoms with Gasteiger partial charge in [0.1, 0.15) is 0 Å². The highest BCUT2D eigenvalue weighted by atomic mass is 16.5. The fraction of sp³-hybridized carbons (Fsp3) is 0.217. The van der Waals surface area contributed by atoms with E-state index in [1.807, 2.05) is 36.4 Å². The summed E-state index contributed by atoms with van der Waals surface area (Å²) in [7, 11) is 2.78. The van der Waals surface area contributed by atoms with Crippen LogP contribution in [0.15, 0.2) is 42.5 Å². The highest BCUT2D eigenvalue weighted by Gasteiger charge is 2.17. The summed E-state index contributed by atoms with van der Waals surface area (Å²) in [4.78, 5) is 30.0. The molecule has 0 aliphatic rings. The molecule has 0 bridgehead atoms. The van der Waals surface area contributed by atoms with E-state index in [1.54, 1.807) is 0 Å². The number of hydrogen-bond donors (Lipinski definition) is 2. The fourth-order valence-corrected chi connectivity index (χ4v) is 3.63. The van der Waals surface area contributed by atoms with Crippen molar-refractivity contribution in [2.45, 2.75) is 19.3 Å². The van der Waals surface area contributed by atoms with Gasteiger partial charge in [0.2, 0.25) is 0 Å². The molecule has 4 aromatic rings. The number of aromatic amines is 2. The first-order valence-electron chi connectivity index (χ1n) is 9.35. The number of hydrogen-bond acceptors (Lipinski definition) is 4. The van der Waals surface area contributed by atoms with Crippen molar-refractivity contribution in [1.82, 2.24) is 9.97 Å². The molecule has 4 rings (SSSR count). The summed E-state index contributed by atoms with van der Waals surface area (Å²) in [5.74, 6) is -0.526. The SMILES string of the molecule is COC(=O)CCc1cc2cc(-c3c(CC(=O)OC)[nH]c4cc[c]cc34)ccc2[nH]1. The Morgan fingerprint density at radius 3 is 2.62 bits per heavy atom. The summed E-state index contributed by atoms with van der Waals surface area (Å²) in [5.41, 5.74) is 5.71. The molecule has 0 spiro atoms. The number of methoxy groups -OCH3 is 2. The molecule has 2 aromatic heterocycles. The Morgan fingerprint density at radius 1 is 1.00 bits per heavy atom. The Hall–Kier alpha value is -3.54. The summed E-state index contributed by atoms with van der Waals surface area (Å²) in [5, 5.41) is 2.05. The molecule has 0 amide bonds. The maximum Gasteiger partial charge on any atom is 0.311 e. The minimum atomic E-state index is -0.297. The van der Waals surface area contributed by atoms with Crippen molar-refractivity contribution in [2.24, 2.45) is 0 Å². The number of carbonyl (C=O) groups excluding carboxylic acids is 2. The topological polar surface area (TPSA) is 84.2 Å². The second-order valence-corrected chi connectivity index (χ2v) is 6.88. The highest BCUT2D eigenvalue weighted by Crippen LogP contribution is 2.34. The zero-order valence-corrected chi connectivity index (χ0v) is 16.3. The molecule has 0 unspecified atom stereocenters. The van der Waals surface area contributed by atoms with E-state index in [2.05, 4.69) is 22.1 Å². The van der Waals surface area contributed by atoms with Crippen LogP contribution in [0.2, 0.25) is 0 Å². The van der Waals surface area contributed by atoms with E-state index in [0.29, 0.717) is 12.8 Å². The highest BCUT2D eigenvalue weighted by molar-refractivity contribution is 6.00. The lowest BCUT2D eigenvalue weighted by molar-refractivity contribution is -0.141. The van der Waals surface area contributed by atoms with Crippen LogP contribution in [0.3, 0.4) is 0 Å². The lowest BCUT2D eigenvalue weighted by atomic mass is 9.99. The minimum Gasteiger partial charge on any atom is -0.469 e. The third-order valence-electron chi connectivity index (χ3n) is 5.06. The van der Waals surface area contributed by atoms with E-state index in [-0.39, 0.29) is 18.4 Å². The Bertz CT molecular complexity index is 1200. The molecule has 2 heterocycles. The number of ether oxygens (including phenoxy) is 2. The smallest absolute Gasteiger partial charge is 0.311 e. The molecule has 2 N–H and O–H groups in total. The van der Waals surface area contributed by atoms with Crippen molar-refractivity contribution in [1.29, 1.82) is 0 Å². The van der Waals surface area contributed by atoms with Gasteiger partial charge in [0.15, 0.2) is 0 Å². The number of aromatic nitrogens is 2. The van der Waals surface area contributed by atoms with Crippen molar-refractivity contribution < 1.29 is 19.1 Å². The molecule has 0 saturated heterocycles. The Kier molecular flexibility index (Phi) is 5.08. The van der Waals surface area contributed by atoms with Crippen LogP contribution >= 0.6 is 0 Å². The van der Waals surface area contributed by atoms with Crippen LogP contribution in [0, 0.1) is 6.07 Å². The van der Waals surface area contributed by atoms with E-state index < -0.39 is 0 Å². The number of rotatable bonds is 6. The van der Waals surface area contributed by atoms with Gasteiger partial charge in [-0.15, -0.1) is 0 Å². The molecule has 0 fully saturated rings. The van der Waals surface area contributed by atoms with E-state index in [0.717, 1.165) is 44.3 Å². The zero-order chi connectivity index (χ0) is 20.4. The molecule has 2 aromatic carbocycles. The first-order chi connectivity index (χ1) is 14.1. The number of H-pyrrole nitrogens is 2. The number of aryl methyl sites for hydroxylation is 1. The molecule has 29 heavy (non-hydrogen) atoms. The Labute approximate surface area is 167 Å². The average Bonchev–Trinajstić information content (AvgIpc) is 3.31. The quantitative estimate of drug-likeness (QED) is 0.489. The molecule has 0 aliphatic carbocycles. The third kappa shape index (κ3) is 3.74. The summed E-state index contributed by atoms with van der Waals surface area (Å²) in [6.45, 7) is 0. The third-order valence-corrected chi connectivity index (χ3v) is 5.06. The molecule has 6 nitrogen and oxygen atoms in total. The average molecular weight is 389 g/mol. The minimum absolute atomic E-state index is 0.163. The van der Waals surface area contributed by atoms with Gasteiger partial charge in [-0.25, -0.2) is 0 Å². The maximum absolute atomic E-state index is 11.9. The first kappa shape index (κ1) is 18.8. The van der Waals surface area contributed by atoms with Gasteiger partial charge in [-0.3, -0.25) is 9.59 Å². The molecule has 1 radical (unpaired) electrons. The van der Waals surface area contributed by atoms with Gasteiger partial charge in [0.25, 0.3) is 0 Å². The molecule has 0 saturated carbocycles. The van der Waals surface area contributed by atoms with Crippen LogP contribution < -0.4 is 0 Å². The van der Waals surface area contributed by atoms with Crippen molar-refractivity contribution in [3.8, 4) is 11.1 Å². The second kappa shape index (κ2) is 7.83. The van der Waals surface area contributed by atoms with E-state index in [1.165, 1.54) is 14.2 Å². The fourth-order valence-electron chi connectivity index (χ4n) is 3.63. The zero-order valence-electron chi connectivity index (χ0n) is 16.3. The van der Waals surface area contributed by atoms with E-state index in [9.17, 15) is 9.59 Å². The summed E-state index contributed by atoms with van der Waals surface area (Å²) >= 11 is 0. The lowest BCUT2D eigenvalue weighted by Gasteiger charge is -2.05. The van der Waals surface area contributed by atoms with Crippen LogP contribution in [0.25, 0.3) is 32.9 Å². The molecular formula is C23H21N2O4. The number of nitrogens with one attached hydrogen (secondary N) is 2. The maximum atomic E-state index is 11.9. The van der Waals surface area contributed by atoms with Crippen molar-refractivity contribution in [3.05, 3.63) is 59.9 Å². The van der Waals surface area contributed by atoms with Gasteiger partial charge in [0, 0.05) is 38.8 Å². The largest absolute Gasteiger partial charge is 0.469 e. The molecular weight excluding hydrogens is 368 g/mol. The number of fused-ring (bicyclic) bond motifs is 2. The van der Waals surface area contributed by atoms with Gasteiger partial charge in [0.05, 0.1) is 27.1 Å². The standard InChI is InChI=1S/C23H21N2O4/c1-28-21(26)10-8-16-12-15-11-14(7-9-18(15)24-16)23-17-5-3-4-6-19(17)25-20(23)13-22(27)29-2/h4-7,9,11-12,24-25H,8,10,13H2,1-2H3. The van der Waals surface area contributed by atoms with Gasteiger partial charge in [-0.1, -0.05) is 12.1 Å². The van der Waals surface area contributed by atoms with Crippen LogP contribution in [0.1, 0.15) is 17.8 Å². The van der Waals surface area contributed by atoms with Gasteiger partial charge < -0.3 is 19.4 Å². The second-order valence-electron chi connectivity index (χ2n) is 6.88. The first-order valence-corrected chi connectivity index (χ1v) is 9.35. The summed E-state index contributed by atoms with van der Waals surface area (Å²) < 4.78 is 9.57. The molecule has 147 valence electrons. The van der Waals surface area contributed by atoms with Gasteiger partial charge in [-0.05, 0) is 48.4 Å². The number of carbonyl (C=O) groups is 2. The number of benzene rings is 2. The van der Waals surface area contributed by atoms with Crippen LogP contribution in [0.4, 0.5) is 0 Å². The predicted molar refractivity (Wildman–Crippen MR) is 110 cm³/mol. The molecule has 0 atom stereocenters. The van der Waals surface area contributed by atoms with Crippen molar-refractivity contribution in [2.75, 3.05) is 14.2 Å².